The summed E-state index contributed by atoms with van der Waals surface area (Å²) in [4.78, 5) is 16.3. The van der Waals surface area contributed by atoms with E-state index in [0.717, 1.165) is 24.3 Å². The second kappa shape index (κ2) is 5.72. The van der Waals surface area contributed by atoms with Crippen LogP contribution in [0.4, 0.5) is 5.69 Å². The molecule has 0 spiro atoms. The van der Waals surface area contributed by atoms with Crippen molar-refractivity contribution in [2.75, 3.05) is 38.6 Å². The number of hydrogen-bond donors (Lipinski definition) is 1. The quantitative estimate of drug-likeness (QED) is 0.887. The lowest BCUT2D eigenvalue weighted by molar-refractivity contribution is -0.121. The molecule has 1 atom stereocenters. The van der Waals surface area contributed by atoms with Gasteiger partial charge in [-0.1, -0.05) is 12.1 Å². The zero-order chi connectivity index (χ0) is 14.0. The van der Waals surface area contributed by atoms with Crippen LogP contribution in [-0.4, -0.2) is 50.6 Å². The van der Waals surface area contributed by atoms with Crippen LogP contribution in [0.5, 0.6) is 0 Å². The molecule has 104 valence electrons. The van der Waals surface area contributed by atoms with Gasteiger partial charge in [0.15, 0.2) is 0 Å². The summed E-state index contributed by atoms with van der Waals surface area (Å²) < 4.78 is 0. The number of anilines is 1. The largest absolute Gasteiger partial charge is 0.318 e. The van der Waals surface area contributed by atoms with E-state index in [9.17, 15) is 4.79 Å². The molecule has 0 aromatic heterocycles. The van der Waals surface area contributed by atoms with Gasteiger partial charge in [-0.05, 0) is 45.1 Å². The highest BCUT2D eigenvalue weighted by molar-refractivity contribution is 5.96. The Hall–Kier alpha value is -1.39. The SMILES string of the molecule is CNCC1CN(c2cc(C)ccc2C)C(=O)CN1C. The number of hydrogen-bond acceptors (Lipinski definition) is 3. The van der Waals surface area contributed by atoms with E-state index in [0.29, 0.717) is 12.6 Å². The second-order valence-corrected chi connectivity index (χ2v) is 5.42. The molecule has 2 rings (SSSR count). The van der Waals surface area contributed by atoms with Crippen LogP contribution in [0.15, 0.2) is 18.2 Å². The number of nitrogens with one attached hydrogen (secondary N) is 1. The van der Waals surface area contributed by atoms with Crippen LogP contribution in [-0.2, 0) is 4.79 Å². The lowest BCUT2D eigenvalue weighted by atomic mass is 10.1. The molecule has 4 nitrogen and oxygen atoms in total. The first-order valence-electron chi connectivity index (χ1n) is 6.75. The number of aryl methyl sites for hydroxylation is 2. The summed E-state index contributed by atoms with van der Waals surface area (Å²) in [6.07, 6.45) is 0. The maximum Gasteiger partial charge on any atom is 0.241 e. The minimum absolute atomic E-state index is 0.184. The van der Waals surface area contributed by atoms with E-state index in [1.807, 2.05) is 19.0 Å². The molecule has 4 heteroatoms. The van der Waals surface area contributed by atoms with Crippen LogP contribution in [0, 0.1) is 13.8 Å². The maximum atomic E-state index is 12.3. The van der Waals surface area contributed by atoms with Crippen LogP contribution in [0.3, 0.4) is 0 Å². The zero-order valence-corrected chi connectivity index (χ0v) is 12.2. The Balaban J connectivity index is 2.27. The summed E-state index contributed by atoms with van der Waals surface area (Å²) in [6.45, 7) is 6.26. The van der Waals surface area contributed by atoms with Crippen molar-refractivity contribution in [3.8, 4) is 0 Å². The van der Waals surface area contributed by atoms with Crippen molar-refractivity contribution in [3.05, 3.63) is 29.3 Å². The van der Waals surface area contributed by atoms with Gasteiger partial charge in [0, 0.05) is 24.8 Å². The van der Waals surface area contributed by atoms with Crippen LogP contribution < -0.4 is 10.2 Å². The summed E-state index contributed by atoms with van der Waals surface area (Å²) >= 11 is 0. The van der Waals surface area contributed by atoms with Crippen molar-refractivity contribution in [1.82, 2.24) is 10.2 Å². The molecule has 1 aromatic rings. The van der Waals surface area contributed by atoms with Gasteiger partial charge < -0.3 is 10.2 Å². The molecule has 0 bridgehead atoms. The topological polar surface area (TPSA) is 35.6 Å². The van der Waals surface area contributed by atoms with Gasteiger partial charge in [0.05, 0.1) is 6.54 Å². The third-order valence-electron chi connectivity index (χ3n) is 3.80. The molecule has 1 aromatic carbocycles. The Bertz CT molecular complexity index is 472. The van der Waals surface area contributed by atoms with E-state index in [1.165, 1.54) is 5.56 Å². The highest BCUT2D eigenvalue weighted by Crippen LogP contribution is 2.24. The molecule has 1 unspecified atom stereocenters. The highest BCUT2D eigenvalue weighted by Gasteiger charge is 2.30. The minimum atomic E-state index is 0.184. The Morgan fingerprint density at radius 2 is 2.11 bits per heavy atom. The van der Waals surface area contributed by atoms with E-state index in [-0.39, 0.29) is 5.91 Å². The Kier molecular flexibility index (Phi) is 4.22. The van der Waals surface area contributed by atoms with E-state index in [1.54, 1.807) is 0 Å². The molecule has 1 aliphatic rings. The number of benzene rings is 1. The molecular formula is C15H23N3O. The first kappa shape index (κ1) is 14.0. The predicted molar refractivity (Wildman–Crippen MR) is 78.6 cm³/mol. The molecule has 1 heterocycles. The number of carbonyl (C=O) groups is 1. The van der Waals surface area contributed by atoms with E-state index in [2.05, 4.69) is 42.3 Å². The van der Waals surface area contributed by atoms with E-state index < -0.39 is 0 Å². The summed E-state index contributed by atoms with van der Waals surface area (Å²) in [5.41, 5.74) is 3.41. The van der Waals surface area contributed by atoms with Crippen molar-refractivity contribution in [2.24, 2.45) is 0 Å². The molecule has 1 amide bonds. The van der Waals surface area contributed by atoms with Crippen molar-refractivity contribution >= 4 is 11.6 Å². The molecule has 1 N–H and O–H groups in total. The molecular weight excluding hydrogens is 238 g/mol. The number of carbonyl (C=O) groups excluding carboxylic acids is 1. The lowest BCUT2D eigenvalue weighted by Gasteiger charge is -2.39. The van der Waals surface area contributed by atoms with Crippen molar-refractivity contribution in [1.29, 1.82) is 0 Å². The maximum absolute atomic E-state index is 12.3. The first-order valence-corrected chi connectivity index (χ1v) is 6.75. The zero-order valence-electron chi connectivity index (χ0n) is 12.2. The molecule has 1 saturated heterocycles. The summed E-state index contributed by atoms with van der Waals surface area (Å²) in [5, 5.41) is 3.20. The third-order valence-corrected chi connectivity index (χ3v) is 3.80. The Labute approximate surface area is 115 Å². The summed E-state index contributed by atoms with van der Waals surface area (Å²) in [6, 6.07) is 6.64. The summed E-state index contributed by atoms with van der Waals surface area (Å²) in [5.74, 6) is 0.184. The summed E-state index contributed by atoms with van der Waals surface area (Å²) in [7, 11) is 3.97. The van der Waals surface area contributed by atoms with Gasteiger partial charge in [-0.25, -0.2) is 0 Å². The number of likely N-dealkylation sites (N-methyl/N-ethyl adjacent to an activating group) is 2. The van der Waals surface area contributed by atoms with Gasteiger partial charge in [-0.2, -0.15) is 0 Å². The average Bonchev–Trinajstić information content (AvgIpc) is 2.36. The molecule has 1 fully saturated rings. The van der Waals surface area contributed by atoms with Crippen molar-refractivity contribution in [2.45, 2.75) is 19.9 Å². The Morgan fingerprint density at radius 3 is 2.79 bits per heavy atom. The number of amides is 1. The standard InChI is InChI=1S/C15H23N3O/c1-11-5-6-12(2)14(7-11)18-9-13(8-16-3)17(4)10-15(18)19/h5-7,13,16H,8-10H2,1-4H3. The lowest BCUT2D eigenvalue weighted by Crippen LogP contribution is -2.57. The van der Waals surface area contributed by atoms with Crippen LogP contribution >= 0.6 is 0 Å². The molecule has 0 radical (unpaired) electrons. The number of nitrogens with zero attached hydrogens (tertiary/aromatic N) is 2. The van der Waals surface area contributed by atoms with Crippen molar-refractivity contribution < 1.29 is 4.79 Å². The monoisotopic (exact) mass is 261 g/mol. The molecule has 19 heavy (non-hydrogen) atoms. The van der Waals surface area contributed by atoms with E-state index >= 15 is 0 Å². The predicted octanol–water partition coefficient (Wildman–Crippen LogP) is 1.17. The highest BCUT2D eigenvalue weighted by atomic mass is 16.2. The van der Waals surface area contributed by atoms with Crippen molar-refractivity contribution in [3.63, 3.8) is 0 Å². The molecule has 0 saturated carbocycles. The fourth-order valence-corrected chi connectivity index (χ4v) is 2.58. The van der Waals surface area contributed by atoms with Crippen LogP contribution in [0.1, 0.15) is 11.1 Å². The van der Waals surface area contributed by atoms with Gasteiger partial charge in [0.1, 0.15) is 0 Å². The van der Waals surface area contributed by atoms with Gasteiger partial charge in [-0.3, -0.25) is 9.69 Å². The van der Waals surface area contributed by atoms with Gasteiger partial charge in [0.25, 0.3) is 0 Å². The average molecular weight is 261 g/mol. The van der Waals surface area contributed by atoms with Gasteiger partial charge in [-0.15, -0.1) is 0 Å². The van der Waals surface area contributed by atoms with Gasteiger partial charge in [0.2, 0.25) is 5.91 Å². The minimum Gasteiger partial charge on any atom is -0.318 e. The first-order chi connectivity index (χ1) is 9.02. The number of piperazine rings is 1. The van der Waals surface area contributed by atoms with Crippen LogP contribution in [0.2, 0.25) is 0 Å². The van der Waals surface area contributed by atoms with E-state index in [4.69, 9.17) is 0 Å². The molecule has 1 aliphatic heterocycles. The molecule has 0 aliphatic carbocycles. The smallest absolute Gasteiger partial charge is 0.241 e. The fraction of sp³-hybridized carbons (Fsp3) is 0.533. The normalized spacial score (nSPS) is 20.9. The number of rotatable bonds is 3. The Morgan fingerprint density at radius 1 is 1.37 bits per heavy atom. The van der Waals surface area contributed by atoms with Gasteiger partial charge >= 0.3 is 0 Å². The van der Waals surface area contributed by atoms with Crippen LogP contribution in [0.25, 0.3) is 0 Å². The second-order valence-electron chi connectivity index (χ2n) is 5.42. The third kappa shape index (κ3) is 2.96. The fourth-order valence-electron chi connectivity index (χ4n) is 2.58.